The van der Waals surface area contributed by atoms with Crippen LogP contribution in [0.3, 0.4) is 0 Å². The SMILES string of the molecule is Cc1ccc(CC(=O)CCC(C)(C)N)cc1C. The zero-order valence-electron chi connectivity index (χ0n) is 11.3. The number of hydrogen-bond acceptors (Lipinski definition) is 2. The Balaban J connectivity index is 2.54. The summed E-state index contributed by atoms with van der Waals surface area (Å²) in [6.07, 6.45) is 1.84. The maximum atomic E-state index is 11.8. The van der Waals surface area contributed by atoms with Gasteiger partial charge in [0, 0.05) is 18.4 Å². The van der Waals surface area contributed by atoms with Crippen LogP contribution in [0, 0.1) is 13.8 Å². The molecule has 0 bridgehead atoms. The Bertz CT molecular complexity index is 402. The Labute approximate surface area is 104 Å². The fraction of sp³-hybridized carbons (Fsp3) is 0.533. The third-order valence-corrected chi connectivity index (χ3v) is 3.02. The second-order valence-corrected chi connectivity index (χ2v) is 5.62. The van der Waals surface area contributed by atoms with E-state index in [1.54, 1.807) is 0 Å². The van der Waals surface area contributed by atoms with Gasteiger partial charge in [-0.3, -0.25) is 4.79 Å². The van der Waals surface area contributed by atoms with Gasteiger partial charge in [-0.1, -0.05) is 18.2 Å². The smallest absolute Gasteiger partial charge is 0.137 e. The maximum Gasteiger partial charge on any atom is 0.137 e. The summed E-state index contributed by atoms with van der Waals surface area (Å²) >= 11 is 0. The molecule has 0 radical (unpaired) electrons. The van der Waals surface area contributed by atoms with Gasteiger partial charge in [0.25, 0.3) is 0 Å². The molecule has 1 rings (SSSR count). The van der Waals surface area contributed by atoms with E-state index in [1.165, 1.54) is 11.1 Å². The number of rotatable bonds is 5. The highest BCUT2D eigenvalue weighted by Gasteiger charge is 2.13. The molecule has 0 amide bonds. The molecule has 0 saturated heterocycles. The van der Waals surface area contributed by atoms with Crippen LogP contribution in [0.25, 0.3) is 0 Å². The summed E-state index contributed by atoms with van der Waals surface area (Å²) in [5, 5.41) is 0. The molecule has 1 aromatic carbocycles. The van der Waals surface area contributed by atoms with Crippen LogP contribution in [0.5, 0.6) is 0 Å². The van der Waals surface area contributed by atoms with Crippen molar-refractivity contribution >= 4 is 5.78 Å². The minimum absolute atomic E-state index is 0.251. The van der Waals surface area contributed by atoms with Crippen molar-refractivity contribution in [3.05, 3.63) is 34.9 Å². The Morgan fingerprint density at radius 2 is 1.88 bits per heavy atom. The van der Waals surface area contributed by atoms with E-state index in [2.05, 4.69) is 26.0 Å². The monoisotopic (exact) mass is 233 g/mol. The molecule has 0 fully saturated rings. The van der Waals surface area contributed by atoms with E-state index in [-0.39, 0.29) is 11.3 Å². The second kappa shape index (κ2) is 5.46. The van der Waals surface area contributed by atoms with E-state index in [0.717, 1.165) is 12.0 Å². The van der Waals surface area contributed by atoms with Crippen LogP contribution in [0.15, 0.2) is 18.2 Å². The highest BCUT2D eigenvalue weighted by molar-refractivity contribution is 5.81. The van der Waals surface area contributed by atoms with Gasteiger partial charge in [-0.2, -0.15) is 0 Å². The summed E-state index contributed by atoms with van der Waals surface area (Å²) in [5.74, 6) is 0.270. The lowest BCUT2D eigenvalue weighted by Gasteiger charge is -2.17. The fourth-order valence-corrected chi connectivity index (χ4v) is 1.69. The van der Waals surface area contributed by atoms with Crippen LogP contribution >= 0.6 is 0 Å². The minimum Gasteiger partial charge on any atom is -0.326 e. The molecule has 0 aliphatic carbocycles. The Morgan fingerprint density at radius 3 is 2.41 bits per heavy atom. The van der Waals surface area contributed by atoms with Gasteiger partial charge < -0.3 is 5.73 Å². The number of hydrogen-bond donors (Lipinski definition) is 1. The molecule has 2 N–H and O–H groups in total. The topological polar surface area (TPSA) is 43.1 Å². The minimum atomic E-state index is -0.251. The zero-order chi connectivity index (χ0) is 13.1. The van der Waals surface area contributed by atoms with E-state index in [0.29, 0.717) is 12.8 Å². The van der Waals surface area contributed by atoms with Crippen molar-refractivity contribution in [2.75, 3.05) is 0 Å². The third-order valence-electron chi connectivity index (χ3n) is 3.02. The first kappa shape index (κ1) is 13.9. The number of ketones is 1. The van der Waals surface area contributed by atoms with E-state index >= 15 is 0 Å². The fourth-order valence-electron chi connectivity index (χ4n) is 1.69. The molecule has 2 nitrogen and oxygen atoms in total. The summed E-state index contributed by atoms with van der Waals surface area (Å²) in [5.41, 5.74) is 9.24. The predicted octanol–water partition coefficient (Wildman–Crippen LogP) is 2.93. The molecule has 0 aliphatic heterocycles. The van der Waals surface area contributed by atoms with E-state index in [4.69, 9.17) is 5.73 Å². The van der Waals surface area contributed by atoms with Gasteiger partial charge in [-0.15, -0.1) is 0 Å². The van der Waals surface area contributed by atoms with E-state index in [9.17, 15) is 4.79 Å². The van der Waals surface area contributed by atoms with Crippen LogP contribution in [0.1, 0.15) is 43.4 Å². The van der Waals surface area contributed by atoms with Crippen LogP contribution in [-0.4, -0.2) is 11.3 Å². The first-order valence-corrected chi connectivity index (χ1v) is 6.15. The van der Waals surface area contributed by atoms with Crippen LogP contribution in [0.2, 0.25) is 0 Å². The van der Waals surface area contributed by atoms with Crippen molar-refractivity contribution in [3.8, 4) is 0 Å². The summed E-state index contributed by atoms with van der Waals surface area (Å²) in [6.45, 7) is 8.07. The number of benzene rings is 1. The Hall–Kier alpha value is -1.15. The molecule has 0 saturated carbocycles. The molecule has 0 unspecified atom stereocenters. The van der Waals surface area contributed by atoms with Gasteiger partial charge in [0.05, 0.1) is 0 Å². The molecule has 2 heteroatoms. The average molecular weight is 233 g/mol. The van der Waals surface area contributed by atoms with Gasteiger partial charge in [0.1, 0.15) is 5.78 Å². The summed E-state index contributed by atoms with van der Waals surface area (Å²) in [4.78, 5) is 11.8. The molecule has 1 aromatic rings. The lowest BCUT2D eigenvalue weighted by Crippen LogP contribution is -2.32. The maximum absolute atomic E-state index is 11.8. The van der Waals surface area contributed by atoms with Gasteiger partial charge in [-0.05, 0) is 50.8 Å². The summed E-state index contributed by atoms with van der Waals surface area (Å²) in [7, 11) is 0. The first-order valence-electron chi connectivity index (χ1n) is 6.15. The van der Waals surface area contributed by atoms with Crippen molar-refractivity contribution in [3.63, 3.8) is 0 Å². The molecule has 0 heterocycles. The van der Waals surface area contributed by atoms with E-state index < -0.39 is 0 Å². The molecule has 0 spiro atoms. The highest BCUT2D eigenvalue weighted by atomic mass is 16.1. The summed E-state index contributed by atoms with van der Waals surface area (Å²) < 4.78 is 0. The number of nitrogens with two attached hydrogens (primary N) is 1. The van der Waals surface area contributed by atoms with Gasteiger partial charge in [0.2, 0.25) is 0 Å². The lowest BCUT2D eigenvalue weighted by molar-refractivity contribution is -0.118. The van der Waals surface area contributed by atoms with Crippen molar-refractivity contribution in [2.24, 2.45) is 5.73 Å². The number of carbonyl (C=O) groups excluding carboxylic acids is 1. The van der Waals surface area contributed by atoms with Gasteiger partial charge in [-0.25, -0.2) is 0 Å². The highest BCUT2D eigenvalue weighted by Crippen LogP contribution is 2.13. The number of aryl methyl sites for hydroxylation is 2. The second-order valence-electron chi connectivity index (χ2n) is 5.62. The predicted molar refractivity (Wildman–Crippen MR) is 72.1 cm³/mol. The van der Waals surface area contributed by atoms with Crippen molar-refractivity contribution in [1.29, 1.82) is 0 Å². The summed E-state index contributed by atoms with van der Waals surface area (Å²) in [6, 6.07) is 6.21. The molecule has 0 atom stereocenters. The van der Waals surface area contributed by atoms with Gasteiger partial charge in [0.15, 0.2) is 0 Å². The number of carbonyl (C=O) groups is 1. The van der Waals surface area contributed by atoms with Crippen LogP contribution in [-0.2, 0) is 11.2 Å². The zero-order valence-corrected chi connectivity index (χ0v) is 11.3. The molecular formula is C15H23NO. The van der Waals surface area contributed by atoms with Crippen molar-refractivity contribution < 1.29 is 4.79 Å². The first-order chi connectivity index (χ1) is 7.78. The molecular weight excluding hydrogens is 210 g/mol. The number of Topliss-reactive ketones (excluding diaryl/α,β-unsaturated/α-hetero) is 1. The molecule has 17 heavy (non-hydrogen) atoms. The molecule has 0 aromatic heterocycles. The normalized spacial score (nSPS) is 11.6. The molecule has 94 valence electrons. The largest absolute Gasteiger partial charge is 0.326 e. The van der Waals surface area contributed by atoms with E-state index in [1.807, 2.05) is 19.9 Å². The van der Waals surface area contributed by atoms with Gasteiger partial charge >= 0.3 is 0 Å². The Kier molecular flexibility index (Phi) is 4.47. The standard InChI is InChI=1S/C15H23NO/c1-11-5-6-13(9-12(11)2)10-14(17)7-8-15(3,4)16/h5-6,9H,7-8,10,16H2,1-4H3. The third kappa shape index (κ3) is 5.14. The van der Waals surface area contributed by atoms with Crippen LogP contribution in [0.4, 0.5) is 0 Å². The lowest BCUT2D eigenvalue weighted by atomic mass is 9.95. The average Bonchev–Trinajstić information content (AvgIpc) is 2.20. The van der Waals surface area contributed by atoms with Crippen molar-refractivity contribution in [2.45, 2.75) is 52.5 Å². The quantitative estimate of drug-likeness (QED) is 0.849. The Morgan fingerprint density at radius 1 is 1.24 bits per heavy atom. The van der Waals surface area contributed by atoms with Crippen LogP contribution < -0.4 is 5.73 Å². The molecule has 0 aliphatic rings. The van der Waals surface area contributed by atoms with Crippen molar-refractivity contribution in [1.82, 2.24) is 0 Å².